The second kappa shape index (κ2) is 11.0. The lowest BCUT2D eigenvalue weighted by atomic mass is 10.1. The zero-order chi connectivity index (χ0) is 24.7. The van der Waals surface area contributed by atoms with Gasteiger partial charge in [0.05, 0.1) is 24.0 Å². The molecule has 0 atom stereocenters. The van der Waals surface area contributed by atoms with E-state index in [0.717, 1.165) is 43.8 Å². The van der Waals surface area contributed by atoms with Crippen molar-refractivity contribution >= 4 is 28.1 Å². The van der Waals surface area contributed by atoms with Crippen molar-refractivity contribution in [2.45, 2.75) is 6.42 Å². The molecule has 0 saturated carbocycles. The first-order chi connectivity index (χ1) is 17.7. The fourth-order valence-corrected chi connectivity index (χ4v) is 4.46. The van der Waals surface area contributed by atoms with E-state index in [1.807, 2.05) is 78.9 Å². The van der Waals surface area contributed by atoms with Gasteiger partial charge < -0.3 is 4.57 Å². The molecular formula is C31H24BrN3O. The standard InChI is InChI=1S/C31H24BrN3O/c32-27-16-18-28(19-17-27)35-29(24-12-6-2-7-13-24)21-26(31(35)25-14-8-3-9-15-25)22-33-34-30(36)20-23-10-4-1-5-11-23/h1-19,21-22H,20H2,(H,34,36). The Balaban J connectivity index is 1.58. The third-order valence-corrected chi connectivity index (χ3v) is 6.36. The lowest BCUT2D eigenvalue weighted by molar-refractivity contribution is -0.120. The summed E-state index contributed by atoms with van der Waals surface area (Å²) in [5.74, 6) is -0.158. The first-order valence-corrected chi connectivity index (χ1v) is 12.5. The van der Waals surface area contributed by atoms with E-state index < -0.39 is 0 Å². The summed E-state index contributed by atoms with van der Waals surface area (Å²) in [5.41, 5.74) is 9.75. The van der Waals surface area contributed by atoms with E-state index in [1.54, 1.807) is 6.21 Å². The summed E-state index contributed by atoms with van der Waals surface area (Å²) >= 11 is 3.55. The summed E-state index contributed by atoms with van der Waals surface area (Å²) in [5, 5.41) is 4.33. The van der Waals surface area contributed by atoms with E-state index in [9.17, 15) is 4.79 Å². The molecule has 0 bridgehead atoms. The fraction of sp³-hybridized carbons (Fsp3) is 0.0323. The van der Waals surface area contributed by atoms with Gasteiger partial charge in [0.15, 0.2) is 0 Å². The van der Waals surface area contributed by atoms with Crippen LogP contribution in [-0.4, -0.2) is 16.7 Å². The van der Waals surface area contributed by atoms with Gasteiger partial charge in [-0.3, -0.25) is 4.79 Å². The molecule has 36 heavy (non-hydrogen) atoms. The van der Waals surface area contributed by atoms with E-state index in [4.69, 9.17) is 0 Å². The minimum atomic E-state index is -0.158. The van der Waals surface area contributed by atoms with Crippen LogP contribution in [0.2, 0.25) is 0 Å². The highest BCUT2D eigenvalue weighted by Gasteiger charge is 2.18. The third-order valence-electron chi connectivity index (χ3n) is 5.83. The molecule has 0 spiro atoms. The van der Waals surface area contributed by atoms with Gasteiger partial charge in [0.25, 0.3) is 0 Å². The molecule has 5 aromatic rings. The number of hydrogen-bond donors (Lipinski definition) is 1. The maximum atomic E-state index is 12.5. The van der Waals surface area contributed by atoms with Crippen LogP contribution in [0.3, 0.4) is 0 Å². The van der Waals surface area contributed by atoms with Gasteiger partial charge in [-0.1, -0.05) is 107 Å². The van der Waals surface area contributed by atoms with Gasteiger partial charge in [-0.05, 0) is 47.0 Å². The average molecular weight is 534 g/mol. The molecule has 4 nitrogen and oxygen atoms in total. The maximum Gasteiger partial charge on any atom is 0.244 e. The number of nitrogens with one attached hydrogen (secondary N) is 1. The van der Waals surface area contributed by atoms with Crippen LogP contribution in [-0.2, 0) is 11.2 Å². The summed E-state index contributed by atoms with van der Waals surface area (Å²) in [6.45, 7) is 0. The normalized spacial score (nSPS) is 11.0. The van der Waals surface area contributed by atoms with Gasteiger partial charge in [-0.2, -0.15) is 5.10 Å². The van der Waals surface area contributed by atoms with E-state index in [-0.39, 0.29) is 12.3 Å². The Bertz CT molecular complexity index is 1480. The molecule has 1 N–H and O–H groups in total. The third kappa shape index (κ3) is 5.37. The van der Waals surface area contributed by atoms with Crippen molar-refractivity contribution in [3.8, 4) is 28.2 Å². The number of rotatable bonds is 7. The predicted molar refractivity (Wildman–Crippen MR) is 150 cm³/mol. The average Bonchev–Trinajstić information content (AvgIpc) is 3.30. The Kier molecular flexibility index (Phi) is 7.20. The minimum Gasteiger partial charge on any atom is -0.309 e. The van der Waals surface area contributed by atoms with Crippen molar-refractivity contribution in [1.29, 1.82) is 0 Å². The molecule has 4 aromatic carbocycles. The van der Waals surface area contributed by atoms with Crippen LogP contribution in [0.1, 0.15) is 11.1 Å². The number of carbonyl (C=O) groups is 1. The summed E-state index contributed by atoms with van der Waals surface area (Å²) in [6.07, 6.45) is 2.01. The SMILES string of the molecule is O=C(Cc1ccccc1)NN=Cc1cc(-c2ccccc2)n(-c2ccc(Br)cc2)c1-c1ccccc1. The molecule has 0 radical (unpaired) electrons. The Hall–Kier alpha value is -4.22. The number of aromatic nitrogens is 1. The van der Waals surface area contributed by atoms with Gasteiger partial charge in [-0.25, -0.2) is 5.43 Å². The molecular weight excluding hydrogens is 510 g/mol. The van der Waals surface area contributed by atoms with E-state index in [2.05, 4.69) is 73.5 Å². The molecule has 0 aliphatic heterocycles. The summed E-state index contributed by atoms with van der Waals surface area (Å²) in [7, 11) is 0. The number of hydrogen-bond acceptors (Lipinski definition) is 2. The topological polar surface area (TPSA) is 46.4 Å². The summed E-state index contributed by atoms with van der Waals surface area (Å²) in [6, 6.07) is 40.5. The molecule has 0 fully saturated rings. The van der Waals surface area contributed by atoms with Gasteiger partial charge in [0, 0.05) is 15.7 Å². The lowest BCUT2D eigenvalue weighted by Crippen LogP contribution is -2.19. The molecule has 1 heterocycles. The van der Waals surface area contributed by atoms with Crippen molar-refractivity contribution in [2.24, 2.45) is 5.10 Å². The first kappa shape index (κ1) is 23.5. The first-order valence-electron chi connectivity index (χ1n) is 11.7. The zero-order valence-electron chi connectivity index (χ0n) is 19.5. The largest absolute Gasteiger partial charge is 0.309 e. The molecule has 1 amide bonds. The second-order valence-corrected chi connectivity index (χ2v) is 9.25. The number of amides is 1. The lowest BCUT2D eigenvalue weighted by Gasteiger charge is -2.15. The van der Waals surface area contributed by atoms with Gasteiger partial charge in [-0.15, -0.1) is 0 Å². The maximum absolute atomic E-state index is 12.5. The molecule has 1 aromatic heterocycles. The molecule has 0 saturated heterocycles. The molecule has 5 heteroatoms. The smallest absolute Gasteiger partial charge is 0.244 e. The zero-order valence-corrected chi connectivity index (χ0v) is 21.1. The Labute approximate surface area is 219 Å². The monoisotopic (exact) mass is 533 g/mol. The molecule has 0 aliphatic rings. The van der Waals surface area contributed by atoms with Crippen molar-refractivity contribution in [3.05, 3.63) is 137 Å². The Morgan fingerprint density at radius 3 is 2.00 bits per heavy atom. The molecule has 0 aliphatic carbocycles. The second-order valence-electron chi connectivity index (χ2n) is 8.33. The van der Waals surface area contributed by atoms with Crippen LogP contribution in [0.15, 0.2) is 131 Å². The highest BCUT2D eigenvalue weighted by Crippen LogP contribution is 2.35. The minimum absolute atomic E-state index is 0.158. The van der Waals surface area contributed by atoms with E-state index in [0.29, 0.717) is 0 Å². The number of nitrogens with zero attached hydrogens (tertiary/aromatic N) is 2. The summed E-state index contributed by atoms with van der Waals surface area (Å²) in [4.78, 5) is 12.5. The quantitative estimate of drug-likeness (QED) is 0.173. The van der Waals surface area contributed by atoms with Crippen LogP contribution in [0.25, 0.3) is 28.2 Å². The number of carbonyl (C=O) groups excluding carboxylic acids is 1. The van der Waals surface area contributed by atoms with Crippen LogP contribution in [0.5, 0.6) is 0 Å². The Morgan fingerprint density at radius 1 is 0.778 bits per heavy atom. The molecule has 5 rings (SSSR count). The predicted octanol–water partition coefficient (Wildman–Crippen LogP) is 7.27. The van der Waals surface area contributed by atoms with Crippen LogP contribution < -0.4 is 5.43 Å². The van der Waals surface area contributed by atoms with Crippen molar-refractivity contribution in [1.82, 2.24) is 9.99 Å². The molecule has 0 unspecified atom stereocenters. The van der Waals surface area contributed by atoms with E-state index in [1.165, 1.54) is 0 Å². The van der Waals surface area contributed by atoms with Crippen molar-refractivity contribution in [3.63, 3.8) is 0 Å². The number of hydrazone groups is 1. The molecule has 176 valence electrons. The van der Waals surface area contributed by atoms with Crippen LogP contribution >= 0.6 is 15.9 Å². The van der Waals surface area contributed by atoms with Crippen LogP contribution in [0.4, 0.5) is 0 Å². The van der Waals surface area contributed by atoms with E-state index >= 15 is 0 Å². The number of halogens is 1. The highest BCUT2D eigenvalue weighted by atomic mass is 79.9. The summed E-state index contributed by atoms with van der Waals surface area (Å²) < 4.78 is 3.26. The van der Waals surface area contributed by atoms with Crippen molar-refractivity contribution < 1.29 is 4.79 Å². The van der Waals surface area contributed by atoms with Gasteiger partial charge in [0.2, 0.25) is 5.91 Å². The fourth-order valence-electron chi connectivity index (χ4n) is 4.19. The van der Waals surface area contributed by atoms with Crippen molar-refractivity contribution in [2.75, 3.05) is 0 Å². The van der Waals surface area contributed by atoms with Crippen LogP contribution in [0, 0.1) is 0 Å². The van der Waals surface area contributed by atoms with Gasteiger partial charge >= 0.3 is 0 Å². The van der Waals surface area contributed by atoms with Gasteiger partial charge in [0.1, 0.15) is 0 Å². The number of benzene rings is 4. The Morgan fingerprint density at radius 2 is 1.36 bits per heavy atom. The highest BCUT2D eigenvalue weighted by molar-refractivity contribution is 9.10.